The Morgan fingerprint density at radius 1 is 0.639 bits per heavy atom. The fourth-order valence-corrected chi connectivity index (χ4v) is 11.7. The normalized spacial score (nSPS) is 19.3. The molecule has 3 aromatic carbocycles. The summed E-state index contributed by atoms with van der Waals surface area (Å²) in [7, 11) is -9.64. The van der Waals surface area contributed by atoms with Crippen molar-refractivity contribution in [1.82, 2.24) is 0 Å². The predicted molar refractivity (Wildman–Crippen MR) is 186 cm³/mol. The first-order valence-electron chi connectivity index (χ1n) is 17.3. The van der Waals surface area contributed by atoms with E-state index >= 15 is 8.78 Å². The third-order valence-electron chi connectivity index (χ3n) is 9.74. The molecule has 1 saturated carbocycles. The highest BCUT2D eigenvalue weighted by Crippen LogP contribution is 2.70. The monoisotopic (exact) mass is 936 g/mol. The van der Waals surface area contributed by atoms with Gasteiger partial charge in [0.2, 0.25) is 0 Å². The Labute approximate surface area is 339 Å². The molecule has 1 aliphatic carbocycles. The molecule has 1 aliphatic rings. The number of aryl methyl sites for hydroxylation is 1. The molecule has 0 amide bonds. The zero-order valence-electron chi connectivity index (χ0n) is 31.0. The molecule has 0 bridgehead atoms. The van der Waals surface area contributed by atoms with Crippen LogP contribution in [0.25, 0.3) is 0 Å². The summed E-state index contributed by atoms with van der Waals surface area (Å²) in [5, 5.41) is 14.8. The van der Waals surface area contributed by atoms with Crippen molar-refractivity contribution < 1.29 is 98.0 Å². The third kappa shape index (κ3) is 9.67. The average Bonchev–Trinajstić information content (AvgIpc) is 3.15. The molecule has 1 fully saturated rings. The molecule has 2 atom stereocenters. The lowest BCUT2D eigenvalue weighted by Crippen LogP contribution is -2.67. The maximum absolute atomic E-state index is 15.7. The van der Waals surface area contributed by atoms with E-state index in [1.807, 2.05) is 0 Å². The minimum Gasteiger partial charge on any atom is -0.459 e. The molecule has 2 unspecified atom stereocenters. The van der Waals surface area contributed by atoms with Gasteiger partial charge in [0, 0.05) is 26.5 Å². The van der Waals surface area contributed by atoms with Gasteiger partial charge in [-0.25, -0.2) is 8.42 Å². The Morgan fingerprint density at radius 2 is 1.02 bits per heavy atom. The molecule has 8 nitrogen and oxygen atoms in total. The van der Waals surface area contributed by atoms with Crippen LogP contribution < -0.4 is 0 Å². The molecule has 3 aromatic rings. The largest absolute Gasteiger partial charge is 0.459 e. The van der Waals surface area contributed by atoms with Gasteiger partial charge in [-0.05, 0) is 72.9 Å². The lowest BCUT2D eigenvalue weighted by atomic mass is 9.65. The summed E-state index contributed by atoms with van der Waals surface area (Å²) in [5.74, 6) is -9.35. The van der Waals surface area contributed by atoms with Crippen molar-refractivity contribution in [1.29, 1.82) is 0 Å². The number of benzene rings is 3. The van der Waals surface area contributed by atoms with E-state index in [1.165, 1.54) is 60.7 Å². The highest BCUT2D eigenvalue weighted by atomic mass is 32.3. The molecule has 0 aliphatic heterocycles. The number of esters is 1. The van der Waals surface area contributed by atoms with E-state index in [-0.39, 0.29) is 14.7 Å². The number of hydrogen-bond donors (Lipinski definition) is 2. The van der Waals surface area contributed by atoms with Gasteiger partial charge in [-0.15, -0.1) is 0 Å². The molecule has 0 saturated heterocycles. The lowest BCUT2D eigenvalue weighted by molar-refractivity contribution is -0.405. The second-order valence-electron chi connectivity index (χ2n) is 13.9. The van der Waals surface area contributed by atoms with Crippen LogP contribution in [0.4, 0.5) is 61.5 Å². The Hall–Kier alpha value is -3.97. The van der Waals surface area contributed by atoms with Crippen molar-refractivity contribution in [2.75, 3.05) is 13.2 Å². The van der Waals surface area contributed by atoms with Gasteiger partial charge in [0.1, 0.15) is 12.7 Å². The summed E-state index contributed by atoms with van der Waals surface area (Å²) in [4.78, 5) is 13.2. The predicted octanol–water partition coefficient (Wildman–Crippen LogP) is 9.74. The van der Waals surface area contributed by atoms with E-state index < -0.39 is 124 Å². The van der Waals surface area contributed by atoms with Crippen molar-refractivity contribution in [2.24, 2.45) is 11.8 Å². The molecule has 0 heterocycles. The molecule has 61 heavy (non-hydrogen) atoms. The van der Waals surface area contributed by atoms with Gasteiger partial charge < -0.3 is 19.7 Å². The molecule has 0 aromatic heterocycles. The quantitative estimate of drug-likeness (QED) is 0.0933. The SMILES string of the molecule is C=C(COCC(F)(F)S(=O)(=O)OS(c1ccccc1)(c1ccccc1)c1ccc(C)cc1)C(=O)OC1CC(C(O)(C(F)(F)F)C(F)(F)F)CC(C(O)(C(F)(F)F)C(F)(F)F)C1. The first kappa shape index (κ1) is 49.7. The van der Waals surface area contributed by atoms with Crippen LogP contribution in [0.1, 0.15) is 24.8 Å². The van der Waals surface area contributed by atoms with Gasteiger partial charge in [-0.3, -0.25) is 0 Å². The Bertz CT molecular complexity index is 1990. The zero-order chi connectivity index (χ0) is 46.3. The third-order valence-corrected chi connectivity index (χ3v) is 14.9. The van der Waals surface area contributed by atoms with Crippen LogP contribution in [0, 0.1) is 18.8 Å². The fraction of sp³-hybridized carbons (Fsp3) is 0.432. The standard InChI is InChI=1S/C37H34F14O8S2/c1-22-13-15-29(16-14-22)60(27-9-5-3-6-10-27,28-11-7-4-8-12-28)59-61(55,56)31(38,39)21-57-20-23(2)30(52)58-26-18-24(32(53,34(40,41)42)35(43,44)45)17-25(19-26)33(54,36(46,47)48)37(49,50)51/h3-16,24-26,53-54H,2,17-21H2,1H3. The molecule has 0 spiro atoms. The minimum absolute atomic E-state index is 0.140. The number of ether oxygens (including phenoxy) is 2. The first-order chi connectivity index (χ1) is 27.8. The van der Waals surface area contributed by atoms with E-state index in [9.17, 15) is 76.1 Å². The smallest absolute Gasteiger partial charge is 0.426 e. The number of carbonyl (C=O) groups excluding carboxylic acids is 1. The summed E-state index contributed by atoms with van der Waals surface area (Å²) in [5.41, 5.74) is -12.5. The van der Waals surface area contributed by atoms with Crippen molar-refractivity contribution in [3.8, 4) is 0 Å². The summed E-state index contributed by atoms with van der Waals surface area (Å²) in [6, 6.07) is 20.8. The second kappa shape index (κ2) is 17.3. The minimum atomic E-state index is -6.79. The number of halogens is 14. The molecule has 4 rings (SSSR count). The average molecular weight is 937 g/mol. The topological polar surface area (TPSA) is 119 Å². The van der Waals surface area contributed by atoms with E-state index in [0.29, 0.717) is 5.56 Å². The van der Waals surface area contributed by atoms with E-state index in [1.54, 1.807) is 31.2 Å². The van der Waals surface area contributed by atoms with Crippen LogP contribution in [-0.2, 0) is 28.0 Å². The zero-order valence-corrected chi connectivity index (χ0v) is 32.6. The van der Waals surface area contributed by atoms with E-state index in [0.717, 1.165) is 0 Å². The van der Waals surface area contributed by atoms with Gasteiger partial charge in [-0.1, -0.05) is 60.7 Å². The van der Waals surface area contributed by atoms with Gasteiger partial charge >= 0.3 is 46.0 Å². The molecule has 24 heteroatoms. The van der Waals surface area contributed by atoms with Crippen LogP contribution in [0.2, 0.25) is 0 Å². The molecule has 340 valence electrons. The van der Waals surface area contributed by atoms with E-state index in [4.69, 9.17) is 3.63 Å². The lowest BCUT2D eigenvalue weighted by Gasteiger charge is -2.48. The Morgan fingerprint density at radius 3 is 1.39 bits per heavy atom. The molecule has 0 radical (unpaired) electrons. The van der Waals surface area contributed by atoms with Gasteiger partial charge in [0.15, 0.2) is 0 Å². The second-order valence-corrected chi connectivity index (χ2v) is 18.5. The number of aliphatic hydroxyl groups is 2. The van der Waals surface area contributed by atoms with Crippen molar-refractivity contribution >= 4 is 26.4 Å². The number of hydrogen-bond acceptors (Lipinski definition) is 8. The van der Waals surface area contributed by atoms with Crippen molar-refractivity contribution in [2.45, 2.75) is 88.1 Å². The molecular formula is C37H34F14O8S2. The maximum Gasteiger partial charge on any atom is 0.426 e. The van der Waals surface area contributed by atoms with Crippen molar-refractivity contribution in [3.63, 3.8) is 0 Å². The fourth-order valence-electron chi connectivity index (χ4n) is 6.62. The van der Waals surface area contributed by atoms with Gasteiger partial charge in [0.25, 0.3) is 11.2 Å². The summed E-state index contributed by atoms with van der Waals surface area (Å²) in [6.45, 7) is 1.14. The van der Waals surface area contributed by atoms with Crippen LogP contribution in [0.3, 0.4) is 0 Å². The van der Waals surface area contributed by atoms with Crippen LogP contribution in [0.15, 0.2) is 112 Å². The van der Waals surface area contributed by atoms with Gasteiger partial charge in [-0.2, -0.15) is 69.9 Å². The van der Waals surface area contributed by atoms with Gasteiger partial charge in [0.05, 0.1) is 12.2 Å². The highest BCUT2D eigenvalue weighted by Gasteiger charge is 2.78. The van der Waals surface area contributed by atoms with Crippen LogP contribution in [-0.4, -0.2) is 85.1 Å². The highest BCUT2D eigenvalue weighted by molar-refractivity contribution is 8.33. The number of alkyl halides is 14. The van der Waals surface area contributed by atoms with Crippen molar-refractivity contribution in [3.05, 3.63) is 103 Å². The van der Waals surface area contributed by atoms with Crippen LogP contribution >= 0.6 is 10.3 Å². The number of rotatable bonds is 14. The number of carbonyl (C=O) groups is 1. The van der Waals surface area contributed by atoms with Crippen LogP contribution in [0.5, 0.6) is 0 Å². The summed E-state index contributed by atoms with van der Waals surface area (Å²) >= 11 is 0. The molecular weight excluding hydrogens is 903 g/mol. The Balaban J connectivity index is 1.60. The summed E-state index contributed by atoms with van der Waals surface area (Å²) < 4.78 is 238. The summed E-state index contributed by atoms with van der Waals surface area (Å²) in [6.07, 6.45) is -36.1. The Kier molecular flexibility index (Phi) is 14.1. The van der Waals surface area contributed by atoms with E-state index in [2.05, 4.69) is 16.1 Å². The maximum atomic E-state index is 15.7. The first-order valence-corrected chi connectivity index (χ1v) is 20.2. The molecule has 2 N–H and O–H groups in total.